The molecule has 178 valence electrons. The molecule has 2 aromatic heterocycles. The van der Waals surface area contributed by atoms with Gasteiger partial charge >= 0.3 is 0 Å². The Hall–Kier alpha value is -3.94. The minimum atomic E-state index is 0.0538. The van der Waals surface area contributed by atoms with Gasteiger partial charge in [-0.3, -0.25) is 4.79 Å². The number of nitrogens with zero attached hydrogens (tertiary/aromatic N) is 5. The number of benzene rings is 2. The molecule has 0 radical (unpaired) electrons. The molecule has 1 atom stereocenters. The lowest BCUT2D eigenvalue weighted by molar-refractivity contribution is -0.133. The highest BCUT2D eigenvalue weighted by atomic mass is 16.5. The van der Waals surface area contributed by atoms with E-state index in [1.54, 1.807) is 0 Å². The summed E-state index contributed by atoms with van der Waals surface area (Å²) >= 11 is 0. The summed E-state index contributed by atoms with van der Waals surface area (Å²) in [4.78, 5) is 23.5. The number of ether oxygens (including phenoxy) is 1. The van der Waals surface area contributed by atoms with E-state index in [9.17, 15) is 4.79 Å². The first-order chi connectivity index (χ1) is 17.2. The number of carbonyl (C=O) groups is 1. The maximum absolute atomic E-state index is 12.8. The number of rotatable bonds is 6. The van der Waals surface area contributed by atoms with Crippen LogP contribution in [0.2, 0.25) is 0 Å². The van der Waals surface area contributed by atoms with Gasteiger partial charge in [0.1, 0.15) is 29.3 Å². The molecule has 0 unspecified atom stereocenters. The molecule has 1 saturated heterocycles. The first-order valence-electron chi connectivity index (χ1n) is 12.3. The monoisotopic (exact) mass is 468 g/mol. The zero-order valence-corrected chi connectivity index (χ0v) is 19.5. The second kappa shape index (κ2) is 9.02. The summed E-state index contributed by atoms with van der Waals surface area (Å²) in [6.45, 7) is 1.46. The predicted octanol–water partition coefficient (Wildman–Crippen LogP) is 4.83. The average Bonchev–Trinajstić information content (AvgIpc) is 3.62. The van der Waals surface area contributed by atoms with Crippen molar-refractivity contribution in [2.75, 3.05) is 18.8 Å². The van der Waals surface area contributed by atoms with Crippen molar-refractivity contribution in [2.45, 2.75) is 38.1 Å². The highest BCUT2D eigenvalue weighted by Gasteiger charge is 2.31. The molecule has 2 aromatic carbocycles. The number of hydrogen-bond acceptors (Lipinski definition) is 6. The standard InChI is InChI=1S/C27H28N6O2/c28-26-24-25(19-10-12-22(13-11-19)35-21-6-2-1-3-7-21)31-33(27(24)30-17-29-26)20-5-4-14-32(16-20)23(34)15-18-8-9-18/h1-3,6-7,10-13,17-18,20H,4-5,8-9,14-16H2,(H2,28,29,30)/t20-/m1/s1. The highest BCUT2D eigenvalue weighted by molar-refractivity contribution is 5.98. The van der Waals surface area contributed by atoms with Gasteiger partial charge in [0.15, 0.2) is 5.65 Å². The molecule has 2 N–H and O–H groups in total. The van der Waals surface area contributed by atoms with E-state index in [4.69, 9.17) is 15.6 Å². The van der Waals surface area contributed by atoms with Gasteiger partial charge in [-0.15, -0.1) is 0 Å². The van der Waals surface area contributed by atoms with Crippen molar-refractivity contribution in [3.05, 3.63) is 60.9 Å². The van der Waals surface area contributed by atoms with Crippen LogP contribution in [-0.2, 0) is 4.79 Å². The van der Waals surface area contributed by atoms with Crippen molar-refractivity contribution in [2.24, 2.45) is 5.92 Å². The van der Waals surface area contributed by atoms with E-state index in [2.05, 4.69) is 9.97 Å². The third kappa shape index (κ3) is 4.43. The molecule has 35 heavy (non-hydrogen) atoms. The summed E-state index contributed by atoms with van der Waals surface area (Å²) in [5.74, 6) is 2.77. The van der Waals surface area contributed by atoms with Crippen LogP contribution in [0.5, 0.6) is 11.5 Å². The molecule has 0 bridgehead atoms. The molecular formula is C27H28N6O2. The number of nitrogens with two attached hydrogens (primary N) is 1. The van der Waals surface area contributed by atoms with Crippen molar-refractivity contribution in [1.82, 2.24) is 24.6 Å². The van der Waals surface area contributed by atoms with Gasteiger partial charge in [0.05, 0.1) is 11.4 Å². The van der Waals surface area contributed by atoms with Crippen LogP contribution in [0.1, 0.15) is 38.1 Å². The summed E-state index contributed by atoms with van der Waals surface area (Å²) in [5, 5.41) is 5.72. The van der Waals surface area contributed by atoms with Crippen LogP contribution in [0, 0.1) is 5.92 Å². The van der Waals surface area contributed by atoms with E-state index in [-0.39, 0.29) is 11.9 Å². The number of amides is 1. The van der Waals surface area contributed by atoms with Crippen LogP contribution in [0.4, 0.5) is 5.82 Å². The Balaban J connectivity index is 1.30. The van der Waals surface area contributed by atoms with E-state index in [0.717, 1.165) is 47.5 Å². The van der Waals surface area contributed by atoms with Crippen molar-refractivity contribution in [3.63, 3.8) is 0 Å². The minimum absolute atomic E-state index is 0.0538. The first-order valence-corrected chi connectivity index (χ1v) is 12.3. The first kappa shape index (κ1) is 21.6. The lowest BCUT2D eigenvalue weighted by Gasteiger charge is -2.33. The van der Waals surface area contributed by atoms with Gasteiger partial charge < -0.3 is 15.4 Å². The molecule has 8 nitrogen and oxygen atoms in total. The zero-order chi connectivity index (χ0) is 23.8. The molecule has 1 amide bonds. The highest BCUT2D eigenvalue weighted by Crippen LogP contribution is 2.36. The maximum atomic E-state index is 12.8. The molecule has 8 heteroatoms. The maximum Gasteiger partial charge on any atom is 0.222 e. The Morgan fingerprint density at radius 3 is 2.54 bits per heavy atom. The number of anilines is 1. The van der Waals surface area contributed by atoms with Crippen molar-refractivity contribution < 1.29 is 9.53 Å². The fourth-order valence-electron chi connectivity index (χ4n) is 4.84. The van der Waals surface area contributed by atoms with Gasteiger partial charge in [0.25, 0.3) is 0 Å². The molecule has 1 saturated carbocycles. The van der Waals surface area contributed by atoms with Gasteiger partial charge in [0.2, 0.25) is 5.91 Å². The van der Waals surface area contributed by atoms with E-state index in [1.807, 2.05) is 64.2 Å². The van der Waals surface area contributed by atoms with Crippen LogP contribution in [0.15, 0.2) is 60.9 Å². The van der Waals surface area contributed by atoms with Gasteiger partial charge in [-0.1, -0.05) is 18.2 Å². The number of aromatic nitrogens is 4. The number of para-hydroxylation sites is 1. The summed E-state index contributed by atoms with van der Waals surface area (Å²) in [5.41, 5.74) is 8.67. The molecule has 0 spiro atoms. The summed E-state index contributed by atoms with van der Waals surface area (Å²) in [6.07, 6.45) is 6.41. The zero-order valence-electron chi connectivity index (χ0n) is 19.5. The molecule has 1 aliphatic carbocycles. The summed E-state index contributed by atoms with van der Waals surface area (Å²) in [7, 11) is 0. The average molecular weight is 469 g/mol. The van der Waals surface area contributed by atoms with Gasteiger partial charge in [-0.2, -0.15) is 5.10 Å². The fraction of sp³-hybridized carbons (Fsp3) is 0.333. The van der Waals surface area contributed by atoms with E-state index in [0.29, 0.717) is 30.3 Å². The lowest BCUT2D eigenvalue weighted by atomic mass is 10.0. The van der Waals surface area contributed by atoms with Crippen molar-refractivity contribution in [1.29, 1.82) is 0 Å². The van der Waals surface area contributed by atoms with Crippen LogP contribution in [0.3, 0.4) is 0 Å². The number of fused-ring (bicyclic) bond motifs is 1. The van der Waals surface area contributed by atoms with E-state index in [1.165, 1.54) is 19.2 Å². The summed E-state index contributed by atoms with van der Waals surface area (Å²) < 4.78 is 7.89. The quantitative estimate of drug-likeness (QED) is 0.435. The lowest BCUT2D eigenvalue weighted by Crippen LogP contribution is -2.41. The Morgan fingerprint density at radius 1 is 1.00 bits per heavy atom. The van der Waals surface area contributed by atoms with Crippen molar-refractivity contribution in [3.8, 4) is 22.8 Å². The topological polar surface area (TPSA) is 99.2 Å². The number of piperidine rings is 1. The minimum Gasteiger partial charge on any atom is -0.457 e. The molecule has 6 rings (SSSR count). The van der Waals surface area contributed by atoms with Crippen LogP contribution < -0.4 is 10.5 Å². The molecule has 2 fully saturated rings. The largest absolute Gasteiger partial charge is 0.457 e. The Labute approximate surface area is 203 Å². The summed E-state index contributed by atoms with van der Waals surface area (Å²) in [6, 6.07) is 17.5. The van der Waals surface area contributed by atoms with Crippen LogP contribution in [-0.4, -0.2) is 43.6 Å². The Bertz CT molecular complexity index is 1350. The van der Waals surface area contributed by atoms with Gasteiger partial charge in [-0.25, -0.2) is 14.6 Å². The second-order valence-electron chi connectivity index (χ2n) is 9.47. The molecule has 2 aliphatic rings. The third-order valence-corrected chi connectivity index (χ3v) is 6.88. The number of hydrogen-bond donors (Lipinski definition) is 1. The van der Waals surface area contributed by atoms with Gasteiger partial charge in [-0.05, 0) is 68.0 Å². The third-order valence-electron chi connectivity index (χ3n) is 6.88. The molecule has 4 aromatic rings. The number of nitrogen functional groups attached to an aromatic ring is 1. The number of carbonyl (C=O) groups excluding carboxylic acids is 1. The molecule has 1 aliphatic heterocycles. The van der Waals surface area contributed by atoms with Crippen LogP contribution in [0.25, 0.3) is 22.3 Å². The Kier molecular flexibility index (Phi) is 5.56. The van der Waals surface area contributed by atoms with E-state index < -0.39 is 0 Å². The van der Waals surface area contributed by atoms with Crippen molar-refractivity contribution >= 4 is 22.8 Å². The fourth-order valence-corrected chi connectivity index (χ4v) is 4.84. The Morgan fingerprint density at radius 2 is 1.77 bits per heavy atom. The van der Waals surface area contributed by atoms with Gasteiger partial charge in [0, 0.05) is 25.1 Å². The smallest absolute Gasteiger partial charge is 0.222 e. The molecule has 3 heterocycles. The normalized spacial score (nSPS) is 18.1. The SMILES string of the molecule is Nc1ncnc2c1c(-c1ccc(Oc3ccccc3)cc1)nn2[C@@H]1CCCN(C(=O)CC2CC2)C1. The van der Waals surface area contributed by atoms with E-state index >= 15 is 0 Å². The predicted molar refractivity (Wildman–Crippen MR) is 134 cm³/mol. The number of likely N-dealkylation sites (tertiary alicyclic amines) is 1. The second-order valence-corrected chi connectivity index (χ2v) is 9.47. The molecular weight excluding hydrogens is 440 g/mol. The van der Waals surface area contributed by atoms with Crippen LogP contribution >= 0.6 is 0 Å².